The van der Waals surface area contributed by atoms with Crippen molar-refractivity contribution in [3.05, 3.63) is 101 Å². The SMILES string of the molecule is Cc1ncoc1-c1ccc([C@H](C)NC(=O)[C@@H]2C[C@@H](O)CN2C(=O)[C@@H](NC(=O)COCCCCOc2ccc(C(=O)N[C@H]3C(C)(C)[C@H](Oc4ccc(C#N)c(Cl)c4)C3(C)C)cc2)C(C)(C)C)cc1. The number of β-amino-alcohol motifs (C(OH)–C–C–N with tert-alkyl or cyclic N) is 1. The second kappa shape index (κ2) is 20.9. The number of ether oxygens (including phenoxy) is 3. The lowest BCUT2D eigenvalue weighted by Gasteiger charge is -2.63. The van der Waals surface area contributed by atoms with Gasteiger partial charge in [-0.1, -0.05) is 84.3 Å². The lowest BCUT2D eigenvalue weighted by molar-refractivity contribution is -0.164. The number of hydrogen-bond acceptors (Lipinski definition) is 11. The third-order valence-electron chi connectivity index (χ3n) is 12.8. The summed E-state index contributed by atoms with van der Waals surface area (Å²) in [4.78, 5) is 59.6. The molecule has 67 heavy (non-hydrogen) atoms. The summed E-state index contributed by atoms with van der Waals surface area (Å²) in [5.74, 6) is 0.313. The topological polar surface area (TPSA) is 205 Å². The van der Waals surface area contributed by atoms with E-state index in [9.17, 15) is 29.5 Å². The first kappa shape index (κ1) is 50.5. The average molecular weight is 940 g/mol. The van der Waals surface area contributed by atoms with Gasteiger partial charge in [-0.3, -0.25) is 19.2 Å². The fourth-order valence-corrected chi connectivity index (χ4v) is 9.60. The van der Waals surface area contributed by atoms with E-state index in [1.165, 1.54) is 11.3 Å². The molecule has 1 aromatic heterocycles. The predicted molar refractivity (Wildman–Crippen MR) is 252 cm³/mol. The molecule has 4 amide bonds. The molecule has 16 heteroatoms. The molecule has 2 heterocycles. The Balaban J connectivity index is 0.906. The molecular formula is C51H63ClN6O9. The summed E-state index contributed by atoms with van der Waals surface area (Å²) in [7, 11) is 0. The number of nitrogens with one attached hydrogen (secondary N) is 3. The van der Waals surface area contributed by atoms with Crippen LogP contribution in [0.5, 0.6) is 11.5 Å². The molecule has 6 rings (SSSR count). The van der Waals surface area contributed by atoms with Crippen molar-refractivity contribution in [2.45, 2.75) is 118 Å². The number of aromatic nitrogens is 1. The van der Waals surface area contributed by atoms with Crippen molar-refractivity contribution in [1.29, 1.82) is 5.26 Å². The van der Waals surface area contributed by atoms with Crippen LogP contribution in [-0.2, 0) is 19.1 Å². The number of hydrogen-bond donors (Lipinski definition) is 4. The zero-order valence-electron chi connectivity index (χ0n) is 39.8. The van der Waals surface area contributed by atoms with E-state index in [2.05, 4.69) is 54.7 Å². The number of carbonyl (C=O) groups is 4. The van der Waals surface area contributed by atoms with Gasteiger partial charge in [0, 0.05) is 53.6 Å². The summed E-state index contributed by atoms with van der Waals surface area (Å²) < 4.78 is 23.4. The molecule has 4 atom stereocenters. The molecule has 1 saturated carbocycles. The Kier molecular flexibility index (Phi) is 15.8. The van der Waals surface area contributed by atoms with Crippen molar-refractivity contribution in [2.75, 3.05) is 26.4 Å². The highest BCUT2D eigenvalue weighted by molar-refractivity contribution is 6.31. The molecule has 1 aliphatic carbocycles. The minimum Gasteiger partial charge on any atom is -0.494 e. The first-order valence-electron chi connectivity index (χ1n) is 22.7. The normalized spacial score (nSPS) is 20.4. The van der Waals surface area contributed by atoms with Crippen molar-refractivity contribution in [3.63, 3.8) is 0 Å². The summed E-state index contributed by atoms with van der Waals surface area (Å²) >= 11 is 6.23. The summed E-state index contributed by atoms with van der Waals surface area (Å²) in [6, 6.07) is 19.1. The van der Waals surface area contributed by atoms with Crippen LogP contribution in [0.1, 0.15) is 108 Å². The minimum absolute atomic E-state index is 0.0362. The third-order valence-corrected chi connectivity index (χ3v) is 13.1. The van der Waals surface area contributed by atoms with Gasteiger partial charge in [-0.25, -0.2) is 4.98 Å². The number of oxazole rings is 1. The molecule has 358 valence electrons. The van der Waals surface area contributed by atoms with E-state index in [0.717, 1.165) is 16.8 Å². The van der Waals surface area contributed by atoms with Crippen LogP contribution in [0, 0.1) is 34.5 Å². The summed E-state index contributed by atoms with van der Waals surface area (Å²) in [5, 5.41) is 29.2. The smallest absolute Gasteiger partial charge is 0.251 e. The van der Waals surface area contributed by atoms with Gasteiger partial charge in [0.25, 0.3) is 5.91 Å². The number of carbonyl (C=O) groups excluding carboxylic acids is 4. The van der Waals surface area contributed by atoms with Crippen LogP contribution in [0.25, 0.3) is 11.3 Å². The van der Waals surface area contributed by atoms with Crippen LogP contribution in [0.3, 0.4) is 0 Å². The molecule has 2 aliphatic rings. The van der Waals surface area contributed by atoms with Gasteiger partial charge in [0.1, 0.15) is 42.4 Å². The Morgan fingerprint density at radius 1 is 0.970 bits per heavy atom. The number of likely N-dealkylation sites (tertiary alicyclic amines) is 1. The molecule has 3 aromatic carbocycles. The second-order valence-electron chi connectivity index (χ2n) is 19.8. The molecule has 0 unspecified atom stereocenters. The number of benzene rings is 3. The molecule has 0 radical (unpaired) electrons. The zero-order chi connectivity index (χ0) is 48.8. The molecule has 1 aliphatic heterocycles. The van der Waals surface area contributed by atoms with Gasteiger partial charge in [-0.05, 0) is 74.1 Å². The van der Waals surface area contributed by atoms with Crippen molar-refractivity contribution in [3.8, 4) is 28.9 Å². The maximum atomic E-state index is 14.0. The molecule has 0 spiro atoms. The monoisotopic (exact) mass is 938 g/mol. The Hall–Kier alpha value is -5.95. The van der Waals surface area contributed by atoms with Gasteiger partial charge < -0.3 is 44.6 Å². The lowest BCUT2D eigenvalue weighted by Crippen LogP contribution is -2.74. The van der Waals surface area contributed by atoms with Crippen molar-refractivity contribution >= 4 is 35.2 Å². The van der Waals surface area contributed by atoms with Gasteiger partial charge in [0.05, 0.1) is 35.0 Å². The molecule has 15 nitrogen and oxygen atoms in total. The lowest BCUT2D eigenvalue weighted by atomic mass is 9.49. The highest BCUT2D eigenvalue weighted by Gasteiger charge is 2.64. The van der Waals surface area contributed by atoms with Gasteiger partial charge in [0.2, 0.25) is 17.7 Å². The predicted octanol–water partition coefficient (Wildman–Crippen LogP) is 7.33. The summed E-state index contributed by atoms with van der Waals surface area (Å²) in [6.07, 6.45) is 1.60. The molecule has 0 bridgehead atoms. The van der Waals surface area contributed by atoms with E-state index in [0.29, 0.717) is 52.9 Å². The van der Waals surface area contributed by atoms with Crippen LogP contribution < -0.4 is 25.4 Å². The molecular weight excluding hydrogens is 876 g/mol. The molecule has 4 aromatic rings. The summed E-state index contributed by atoms with van der Waals surface area (Å²) in [6.45, 7) is 17.8. The number of aliphatic hydroxyl groups excluding tert-OH is 1. The standard InChI is InChI=1S/C51H63ClN6O9/c1-30(32-12-14-33(15-13-32)42-31(2)54-29-66-42)55-45(62)40-24-36(59)27-58(40)46(63)43(49(3,4)5)56-41(60)28-64-22-10-11-23-65-37-19-16-34(17-20-37)44(61)57-47-50(6,7)48(51(47,8)9)67-38-21-18-35(26-53)39(52)25-38/h12-21,25,29-30,36,40,43,47-48,59H,10-11,22-24,27-28H2,1-9H3,(H,55,62)(H,56,60)(H,57,61)/t30-,36+,40-,43+,47-,48-/m0/s1. The first-order chi connectivity index (χ1) is 31.6. The van der Waals surface area contributed by atoms with Crippen molar-refractivity contribution in [2.24, 2.45) is 16.2 Å². The Labute approximate surface area is 397 Å². The van der Waals surface area contributed by atoms with Crippen LogP contribution in [0.15, 0.2) is 77.5 Å². The van der Waals surface area contributed by atoms with Crippen LogP contribution >= 0.6 is 11.6 Å². The van der Waals surface area contributed by atoms with E-state index in [1.54, 1.807) is 42.5 Å². The molecule has 4 N–H and O–H groups in total. The van der Waals surface area contributed by atoms with Crippen molar-refractivity contribution < 1.29 is 42.9 Å². The Bertz CT molecular complexity index is 2420. The second-order valence-corrected chi connectivity index (χ2v) is 20.2. The number of aryl methyl sites for hydroxylation is 1. The van der Waals surface area contributed by atoms with E-state index in [1.807, 2.05) is 58.9 Å². The average Bonchev–Trinajstić information content (AvgIpc) is 3.90. The fraction of sp³-hybridized carbons (Fsp3) is 0.490. The minimum atomic E-state index is -0.981. The van der Waals surface area contributed by atoms with Crippen LogP contribution in [0.4, 0.5) is 0 Å². The third kappa shape index (κ3) is 11.8. The number of rotatable bonds is 18. The largest absolute Gasteiger partial charge is 0.494 e. The Morgan fingerprint density at radius 2 is 1.63 bits per heavy atom. The molecule has 2 fully saturated rings. The number of unbranched alkanes of at least 4 members (excludes halogenated alkanes) is 1. The number of nitrogens with zero attached hydrogens (tertiary/aromatic N) is 3. The fourth-order valence-electron chi connectivity index (χ4n) is 9.39. The van der Waals surface area contributed by atoms with Gasteiger partial charge in [0.15, 0.2) is 12.2 Å². The quantitative estimate of drug-likeness (QED) is 0.0727. The van der Waals surface area contributed by atoms with Gasteiger partial charge in [-0.2, -0.15) is 5.26 Å². The maximum absolute atomic E-state index is 14.0. The highest BCUT2D eigenvalue weighted by atomic mass is 35.5. The number of aliphatic hydroxyl groups is 1. The number of halogens is 1. The molecule has 1 saturated heterocycles. The van der Waals surface area contributed by atoms with Crippen LogP contribution in [-0.4, -0.2) is 95.3 Å². The van der Waals surface area contributed by atoms with E-state index < -0.39 is 52.2 Å². The van der Waals surface area contributed by atoms with E-state index in [-0.39, 0.29) is 50.3 Å². The Morgan fingerprint density at radius 3 is 2.24 bits per heavy atom. The van der Waals surface area contributed by atoms with E-state index in [4.69, 9.17) is 30.2 Å². The number of nitriles is 1. The van der Waals surface area contributed by atoms with E-state index >= 15 is 0 Å². The van der Waals surface area contributed by atoms with Crippen molar-refractivity contribution in [1.82, 2.24) is 25.8 Å². The van der Waals surface area contributed by atoms with Crippen LogP contribution in [0.2, 0.25) is 5.02 Å². The van der Waals surface area contributed by atoms with Gasteiger partial charge in [-0.15, -0.1) is 0 Å². The maximum Gasteiger partial charge on any atom is 0.251 e. The highest BCUT2D eigenvalue weighted by Crippen LogP contribution is 2.55. The number of amides is 4. The van der Waals surface area contributed by atoms with Gasteiger partial charge >= 0.3 is 0 Å². The first-order valence-corrected chi connectivity index (χ1v) is 23.1. The summed E-state index contributed by atoms with van der Waals surface area (Å²) in [5.41, 5.74) is 1.84. The zero-order valence-corrected chi connectivity index (χ0v) is 40.5.